The summed E-state index contributed by atoms with van der Waals surface area (Å²) in [6.07, 6.45) is 0. The van der Waals surface area contributed by atoms with Crippen molar-refractivity contribution in [1.82, 2.24) is 4.90 Å². The minimum atomic E-state index is 0.603. The van der Waals surface area contributed by atoms with Gasteiger partial charge in [0.25, 0.3) is 0 Å². The van der Waals surface area contributed by atoms with Gasteiger partial charge in [-0.2, -0.15) is 0 Å². The van der Waals surface area contributed by atoms with Crippen LogP contribution in [0.5, 0.6) is 0 Å². The van der Waals surface area contributed by atoms with E-state index in [4.69, 9.17) is 11.6 Å². The highest BCUT2D eigenvalue weighted by molar-refractivity contribution is 6.17. The van der Waals surface area contributed by atoms with Gasteiger partial charge in [-0.1, -0.05) is 38.1 Å². The van der Waals surface area contributed by atoms with Gasteiger partial charge in [0, 0.05) is 12.4 Å². The van der Waals surface area contributed by atoms with Crippen molar-refractivity contribution in [2.75, 3.05) is 13.1 Å². The van der Waals surface area contributed by atoms with Crippen LogP contribution < -0.4 is 0 Å². The molecule has 0 aliphatic carbocycles. The Morgan fingerprint density at radius 1 is 1.14 bits per heavy atom. The van der Waals surface area contributed by atoms with Gasteiger partial charge in [-0.25, -0.2) is 0 Å². The molecule has 0 amide bonds. The third kappa shape index (κ3) is 3.32. The highest BCUT2D eigenvalue weighted by Crippen LogP contribution is 2.10. The lowest BCUT2D eigenvalue weighted by molar-refractivity contribution is 0.296. The van der Waals surface area contributed by atoms with E-state index in [9.17, 15) is 0 Å². The molecule has 1 aromatic rings. The Hall–Kier alpha value is -0.530. The fourth-order valence-corrected chi connectivity index (χ4v) is 1.68. The van der Waals surface area contributed by atoms with E-state index >= 15 is 0 Å². The predicted molar refractivity (Wildman–Crippen MR) is 62.6 cm³/mol. The normalized spacial score (nSPS) is 10.9. The second kappa shape index (κ2) is 6.05. The average Bonchev–Trinajstić information content (AvgIpc) is 2.26. The van der Waals surface area contributed by atoms with Crippen molar-refractivity contribution in [2.24, 2.45) is 0 Å². The Labute approximate surface area is 91.7 Å². The van der Waals surface area contributed by atoms with Crippen molar-refractivity contribution in [3.05, 3.63) is 35.4 Å². The van der Waals surface area contributed by atoms with E-state index in [2.05, 4.69) is 43.0 Å². The topological polar surface area (TPSA) is 3.24 Å². The standard InChI is InChI=1S/C12H18ClN/c1-3-14(4-2)10-12-7-5-6-11(8-12)9-13/h5-8H,3-4,9-10H2,1-2H3. The molecule has 0 aliphatic heterocycles. The van der Waals surface area contributed by atoms with Crippen LogP contribution >= 0.6 is 11.6 Å². The zero-order valence-corrected chi connectivity index (χ0v) is 9.72. The second-order valence-electron chi connectivity index (χ2n) is 3.41. The molecule has 0 N–H and O–H groups in total. The van der Waals surface area contributed by atoms with Crippen LogP contribution in [0.1, 0.15) is 25.0 Å². The van der Waals surface area contributed by atoms with E-state index in [1.807, 2.05) is 0 Å². The quantitative estimate of drug-likeness (QED) is 0.676. The maximum Gasteiger partial charge on any atom is 0.0474 e. The van der Waals surface area contributed by atoms with Gasteiger partial charge < -0.3 is 0 Å². The molecule has 0 saturated heterocycles. The number of halogens is 1. The molecule has 1 aromatic carbocycles. The largest absolute Gasteiger partial charge is 0.300 e. The number of hydrogen-bond acceptors (Lipinski definition) is 1. The first kappa shape index (κ1) is 11.5. The van der Waals surface area contributed by atoms with Crippen LogP contribution in [0.15, 0.2) is 24.3 Å². The molecule has 0 aliphatic rings. The minimum absolute atomic E-state index is 0.603. The molecule has 14 heavy (non-hydrogen) atoms. The Morgan fingerprint density at radius 2 is 1.79 bits per heavy atom. The molecular weight excluding hydrogens is 194 g/mol. The first-order chi connectivity index (χ1) is 6.80. The molecule has 0 spiro atoms. The SMILES string of the molecule is CCN(CC)Cc1cccc(CCl)c1. The summed E-state index contributed by atoms with van der Waals surface area (Å²) in [4.78, 5) is 2.40. The summed E-state index contributed by atoms with van der Waals surface area (Å²) in [5, 5.41) is 0. The molecule has 1 nitrogen and oxygen atoms in total. The van der Waals surface area contributed by atoms with Crippen molar-refractivity contribution in [1.29, 1.82) is 0 Å². The molecule has 0 aromatic heterocycles. The Balaban J connectivity index is 2.65. The van der Waals surface area contributed by atoms with Gasteiger partial charge in [0.15, 0.2) is 0 Å². The minimum Gasteiger partial charge on any atom is -0.300 e. The predicted octanol–water partition coefficient (Wildman–Crippen LogP) is 3.27. The third-order valence-corrected chi connectivity index (χ3v) is 2.75. The van der Waals surface area contributed by atoms with Crippen LogP contribution in [-0.2, 0) is 12.4 Å². The fraction of sp³-hybridized carbons (Fsp3) is 0.500. The molecule has 1 rings (SSSR count). The number of hydrogen-bond donors (Lipinski definition) is 0. The highest BCUT2D eigenvalue weighted by Gasteiger charge is 2.01. The highest BCUT2D eigenvalue weighted by atomic mass is 35.5. The average molecular weight is 212 g/mol. The van der Waals surface area contributed by atoms with E-state index in [1.54, 1.807) is 0 Å². The molecular formula is C12H18ClN. The van der Waals surface area contributed by atoms with Crippen molar-refractivity contribution in [3.8, 4) is 0 Å². The van der Waals surface area contributed by atoms with E-state index in [0.717, 1.165) is 19.6 Å². The lowest BCUT2D eigenvalue weighted by Crippen LogP contribution is -2.22. The molecule has 0 unspecified atom stereocenters. The first-order valence-corrected chi connectivity index (χ1v) is 5.69. The summed E-state index contributed by atoms with van der Waals surface area (Å²) in [7, 11) is 0. The summed E-state index contributed by atoms with van der Waals surface area (Å²) in [5.74, 6) is 0.603. The third-order valence-electron chi connectivity index (χ3n) is 2.45. The van der Waals surface area contributed by atoms with Crippen molar-refractivity contribution < 1.29 is 0 Å². The molecule has 0 fully saturated rings. The fourth-order valence-electron chi connectivity index (χ4n) is 1.52. The lowest BCUT2D eigenvalue weighted by Gasteiger charge is -2.18. The number of benzene rings is 1. The molecule has 0 heterocycles. The van der Waals surface area contributed by atoms with E-state index in [0.29, 0.717) is 5.88 Å². The summed E-state index contributed by atoms with van der Waals surface area (Å²) < 4.78 is 0. The van der Waals surface area contributed by atoms with Gasteiger partial charge in [-0.3, -0.25) is 4.90 Å². The second-order valence-corrected chi connectivity index (χ2v) is 3.68. The van der Waals surface area contributed by atoms with Gasteiger partial charge >= 0.3 is 0 Å². The van der Waals surface area contributed by atoms with Crippen molar-refractivity contribution in [2.45, 2.75) is 26.3 Å². The lowest BCUT2D eigenvalue weighted by atomic mass is 10.1. The number of rotatable bonds is 5. The van der Waals surface area contributed by atoms with Crippen LogP contribution in [0.2, 0.25) is 0 Å². The summed E-state index contributed by atoms with van der Waals surface area (Å²) in [6, 6.07) is 8.50. The Kier molecular flexibility index (Phi) is 4.99. The van der Waals surface area contributed by atoms with Crippen molar-refractivity contribution in [3.63, 3.8) is 0 Å². The summed E-state index contributed by atoms with van der Waals surface area (Å²) in [6.45, 7) is 7.60. The summed E-state index contributed by atoms with van der Waals surface area (Å²) in [5.41, 5.74) is 2.56. The van der Waals surface area contributed by atoms with Gasteiger partial charge in [0.1, 0.15) is 0 Å². The molecule has 0 saturated carbocycles. The van der Waals surface area contributed by atoms with Gasteiger partial charge in [0.2, 0.25) is 0 Å². The van der Waals surface area contributed by atoms with Crippen molar-refractivity contribution >= 4 is 11.6 Å². The monoisotopic (exact) mass is 211 g/mol. The molecule has 2 heteroatoms. The smallest absolute Gasteiger partial charge is 0.0474 e. The Morgan fingerprint density at radius 3 is 2.36 bits per heavy atom. The number of nitrogens with zero attached hydrogens (tertiary/aromatic N) is 1. The van der Waals surface area contributed by atoms with Crippen LogP contribution in [-0.4, -0.2) is 18.0 Å². The number of alkyl halides is 1. The summed E-state index contributed by atoms with van der Waals surface area (Å²) >= 11 is 5.79. The Bertz CT molecular complexity index is 269. The van der Waals surface area contributed by atoms with E-state index < -0.39 is 0 Å². The zero-order chi connectivity index (χ0) is 10.4. The van der Waals surface area contributed by atoms with Gasteiger partial charge in [-0.05, 0) is 24.2 Å². The van der Waals surface area contributed by atoms with Gasteiger partial charge in [-0.15, -0.1) is 11.6 Å². The first-order valence-electron chi connectivity index (χ1n) is 5.16. The maximum absolute atomic E-state index is 5.79. The maximum atomic E-state index is 5.79. The van der Waals surface area contributed by atoms with Gasteiger partial charge in [0.05, 0.1) is 0 Å². The molecule has 0 bridgehead atoms. The van der Waals surface area contributed by atoms with Crippen LogP contribution in [0.3, 0.4) is 0 Å². The van der Waals surface area contributed by atoms with E-state index in [1.165, 1.54) is 11.1 Å². The zero-order valence-electron chi connectivity index (χ0n) is 8.96. The molecule has 0 radical (unpaired) electrons. The molecule has 0 atom stereocenters. The van der Waals surface area contributed by atoms with Crippen LogP contribution in [0.25, 0.3) is 0 Å². The van der Waals surface area contributed by atoms with Crippen LogP contribution in [0, 0.1) is 0 Å². The molecule has 78 valence electrons. The van der Waals surface area contributed by atoms with E-state index in [-0.39, 0.29) is 0 Å². The van der Waals surface area contributed by atoms with Crippen LogP contribution in [0.4, 0.5) is 0 Å².